The van der Waals surface area contributed by atoms with Crippen molar-refractivity contribution in [2.45, 2.75) is 6.92 Å². The van der Waals surface area contributed by atoms with E-state index in [1.807, 2.05) is 25.1 Å². The monoisotopic (exact) mass is 384 g/mol. The molecule has 1 saturated heterocycles. The first kappa shape index (κ1) is 18.2. The third-order valence-electron chi connectivity index (χ3n) is 3.65. The number of nitrogens with one attached hydrogen (secondary N) is 1. The van der Waals surface area contributed by atoms with Gasteiger partial charge in [0.2, 0.25) is 5.91 Å². The molecular weight excluding hydrogens is 368 g/mol. The number of carbonyl (C=O) groups is 2. The van der Waals surface area contributed by atoms with Crippen LogP contribution in [-0.4, -0.2) is 32.7 Å². The zero-order valence-corrected chi connectivity index (χ0v) is 15.6. The van der Waals surface area contributed by atoms with Crippen LogP contribution in [0.3, 0.4) is 0 Å². The van der Waals surface area contributed by atoms with Gasteiger partial charge in [-0.05, 0) is 48.4 Å². The third kappa shape index (κ3) is 4.30. The second-order valence-corrected chi connectivity index (χ2v) is 7.46. The molecule has 0 unspecified atom stereocenters. The molecule has 1 heterocycles. The van der Waals surface area contributed by atoms with Crippen LogP contribution in [-0.2, 0) is 9.59 Å². The summed E-state index contributed by atoms with van der Waals surface area (Å²) < 4.78 is 0.334. The maximum absolute atomic E-state index is 12.6. The second-order valence-electron chi connectivity index (χ2n) is 5.78. The van der Waals surface area contributed by atoms with Gasteiger partial charge in [0.1, 0.15) is 16.6 Å². The highest BCUT2D eigenvalue weighted by Crippen LogP contribution is 2.32. The van der Waals surface area contributed by atoms with Crippen LogP contribution in [0.15, 0.2) is 53.4 Å². The summed E-state index contributed by atoms with van der Waals surface area (Å²) in [6, 6.07) is 14.0. The number of thioether (sulfide) groups is 1. The van der Waals surface area contributed by atoms with Crippen LogP contribution in [0.2, 0.25) is 0 Å². The Balaban J connectivity index is 1.70. The minimum Gasteiger partial charge on any atom is -0.508 e. The van der Waals surface area contributed by atoms with Gasteiger partial charge in [0, 0.05) is 5.69 Å². The van der Waals surface area contributed by atoms with Crippen molar-refractivity contribution in [3.63, 3.8) is 0 Å². The zero-order chi connectivity index (χ0) is 18.7. The number of benzene rings is 2. The largest absolute Gasteiger partial charge is 0.508 e. The van der Waals surface area contributed by atoms with E-state index in [0.29, 0.717) is 20.5 Å². The fourth-order valence-corrected chi connectivity index (χ4v) is 3.72. The lowest BCUT2D eigenvalue weighted by Crippen LogP contribution is -2.36. The Bertz CT molecular complexity index is 925. The number of rotatable bonds is 4. The summed E-state index contributed by atoms with van der Waals surface area (Å²) >= 11 is 6.38. The van der Waals surface area contributed by atoms with Crippen molar-refractivity contribution < 1.29 is 14.7 Å². The van der Waals surface area contributed by atoms with E-state index < -0.39 is 0 Å². The number of anilines is 1. The fourth-order valence-electron chi connectivity index (χ4n) is 2.47. The molecule has 1 aliphatic rings. The Kier molecular flexibility index (Phi) is 5.39. The minimum atomic E-state index is -0.317. The highest BCUT2D eigenvalue weighted by molar-refractivity contribution is 8.26. The SMILES string of the molecule is Cc1cccc(NC(=O)CN2C(=O)/C(=C/c3cccc(O)c3)SC2=S)c1. The average Bonchev–Trinajstić information content (AvgIpc) is 2.82. The van der Waals surface area contributed by atoms with Gasteiger partial charge in [-0.1, -0.05) is 48.2 Å². The predicted octanol–water partition coefficient (Wildman–Crippen LogP) is 3.54. The van der Waals surface area contributed by atoms with E-state index in [9.17, 15) is 14.7 Å². The molecule has 132 valence electrons. The molecule has 2 amide bonds. The fraction of sp³-hybridized carbons (Fsp3) is 0.105. The lowest BCUT2D eigenvalue weighted by molar-refractivity contribution is -0.126. The molecule has 1 aliphatic heterocycles. The van der Waals surface area contributed by atoms with Gasteiger partial charge in [0.25, 0.3) is 5.91 Å². The minimum absolute atomic E-state index is 0.117. The van der Waals surface area contributed by atoms with E-state index in [1.54, 1.807) is 36.4 Å². The summed E-state index contributed by atoms with van der Waals surface area (Å²) in [5.41, 5.74) is 2.40. The molecule has 2 aromatic rings. The third-order valence-corrected chi connectivity index (χ3v) is 5.02. The predicted molar refractivity (Wildman–Crippen MR) is 108 cm³/mol. The Morgan fingerprint density at radius 2 is 2.04 bits per heavy atom. The molecule has 1 fully saturated rings. The topological polar surface area (TPSA) is 69.6 Å². The number of hydrogen-bond acceptors (Lipinski definition) is 5. The Labute approximate surface area is 160 Å². The summed E-state index contributed by atoms with van der Waals surface area (Å²) in [5.74, 6) is -0.514. The van der Waals surface area contributed by atoms with Crippen molar-refractivity contribution in [2.75, 3.05) is 11.9 Å². The van der Waals surface area contributed by atoms with E-state index in [0.717, 1.165) is 17.3 Å². The van der Waals surface area contributed by atoms with Crippen molar-refractivity contribution in [1.82, 2.24) is 4.90 Å². The van der Waals surface area contributed by atoms with E-state index in [-0.39, 0.29) is 24.1 Å². The van der Waals surface area contributed by atoms with Crippen LogP contribution in [0.4, 0.5) is 5.69 Å². The molecule has 2 aromatic carbocycles. The number of phenolic OH excluding ortho intramolecular Hbond substituents is 1. The molecule has 7 heteroatoms. The molecule has 0 bridgehead atoms. The number of amides is 2. The molecule has 2 N–H and O–H groups in total. The average molecular weight is 384 g/mol. The van der Waals surface area contributed by atoms with Gasteiger partial charge in [0.05, 0.1) is 4.91 Å². The number of aromatic hydroxyl groups is 1. The number of hydrogen-bond donors (Lipinski definition) is 2. The number of carbonyl (C=O) groups excluding carboxylic acids is 2. The lowest BCUT2D eigenvalue weighted by atomic mass is 10.2. The Morgan fingerprint density at radius 3 is 2.77 bits per heavy atom. The highest BCUT2D eigenvalue weighted by Gasteiger charge is 2.33. The summed E-state index contributed by atoms with van der Waals surface area (Å²) in [7, 11) is 0. The normalized spacial score (nSPS) is 15.6. The first-order valence-corrected chi connectivity index (χ1v) is 9.06. The van der Waals surface area contributed by atoms with Crippen LogP contribution in [0, 0.1) is 6.92 Å². The van der Waals surface area contributed by atoms with E-state index in [2.05, 4.69) is 5.32 Å². The first-order valence-electron chi connectivity index (χ1n) is 7.83. The number of aryl methyl sites for hydroxylation is 1. The smallest absolute Gasteiger partial charge is 0.266 e. The number of thiocarbonyl (C=S) groups is 1. The second kappa shape index (κ2) is 7.72. The van der Waals surface area contributed by atoms with Crippen molar-refractivity contribution in [3.05, 3.63) is 64.6 Å². The number of phenols is 1. The van der Waals surface area contributed by atoms with Crippen LogP contribution in [0.5, 0.6) is 5.75 Å². The van der Waals surface area contributed by atoms with Crippen molar-refractivity contribution in [1.29, 1.82) is 0 Å². The molecular formula is C19H16N2O3S2. The van der Waals surface area contributed by atoms with Gasteiger partial charge in [0.15, 0.2) is 0 Å². The Hall–Kier alpha value is -2.64. The van der Waals surface area contributed by atoms with Crippen LogP contribution >= 0.6 is 24.0 Å². The molecule has 0 saturated carbocycles. The molecule has 26 heavy (non-hydrogen) atoms. The molecule has 0 atom stereocenters. The standard InChI is InChI=1S/C19H16N2O3S2/c1-12-4-2-6-14(8-12)20-17(23)11-21-18(24)16(26-19(21)25)10-13-5-3-7-15(22)9-13/h2-10,22H,11H2,1H3,(H,20,23)/b16-10-. The van der Waals surface area contributed by atoms with Crippen LogP contribution < -0.4 is 5.32 Å². The van der Waals surface area contributed by atoms with Gasteiger partial charge in [-0.2, -0.15) is 0 Å². The molecule has 3 rings (SSSR count). The van der Waals surface area contributed by atoms with Crippen molar-refractivity contribution >= 4 is 51.9 Å². The van der Waals surface area contributed by atoms with Crippen LogP contribution in [0.1, 0.15) is 11.1 Å². The summed E-state index contributed by atoms with van der Waals surface area (Å²) in [6.07, 6.45) is 1.65. The van der Waals surface area contributed by atoms with Gasteiger partial charge in [-0.3, -0.25) is 14.5 Å². The molecule has 0 radical (unpaired) electrons. The molecule has 0 spiro atoms. The Morgan fingerprint density at radius 1 is 1.27 bits per heavy atom. The van der Waals surface area contributed by atoms with Crippen molar-refractivity contribution in [2.24, 2.45) is 0 Å². The summed E-state index contributed by atoms with van der Waals surface area (Å²) in [4.78, 5) is 26.5. The van der Waals surface area contributed by atoms with Gasteiger partial charge >= 0.3 is 0 Å². The quantitative estimate of drug-likeness (QED) is 0.623. The lowest BCUT2D eigenvalue weighted by Gasteiger charge is -2.14. The zero-order valence-electron chi connectivity index (χ0n) is 13.9. The van der Waals surface area contributed by atoms with Gasteiger partial charge in [-0.15, -0.1) is 0 Å². The van der Waals surface area contributed by atoms with E-state index in [4.69, 9.17) is 12.2 Å². The van der Waals surface area contributed by atoms with Crippen LogP contribution in [0.25, 0.3) is 6.08 Å². The maximum Gasteiger partial charge on any atom is 0.266 e. The maximum atomic E-state index is 12.6. The van der Waals surface area contributed by atoms with Gasteiger partial charge < -0.3 is 10.4 Å². The molecule has 0 aromatic heterocycles. The molecule has 5 nitrogen and oxygen atoms in total. The molecule has 0 aliphatic carbocycles. The van der Waals surface area contributed by atoms with E-state index in [1.165, 1.54) is 4.90 Å². The summed E-state index contributed by atoms with van der Waals surface area (Å²) in [5, 5.41) is 12.3. The first-order chi connectivity index (χ1) is 12.4. The van der Waals surface area contributed by atoms with Crippen molar-refractivity contribution in [3.8, 4) is 5.75 Å². The van der Waals surface area contributed by atoms with Gasteiger partial charge in [-0.25, -0.2) is 0 Å². The highest BCUT2D eigenvalue weighted by atomic mass is 32.2. The van der Waals surface area contributed by atoms with E-state index >= 15 is 0 Å². The summed E-state index contributed by atoms with van der Waals surface area (Å²) in [6.45, 7) is 1.79. The number of nitrogens with zero attached hydrogens (tertiary/aromatic N) is 1.